The molecular weight excluding hydrogens is 428 g/mol. The largest absolute Gasteiger partial charge is 0.545 e. The van der Waals surface area contributed by atoms with Crippen molar-refractivity contribution in [2.24, 2.45) is 0 Å². The van der Waals surface area contributed by atoms with Crippen molar-refractivity contribution < 1.29 is 23.9 Å². The Kier molecular flexibility index (Phi) is 5.46. The summed E-state index contributed by atoms with van der Waals surface area (Å²) in [6.45, 7) is 3.82. The second-order valence-corrected chi connectivity index (χ2v) is 7.76. The summed E-state index contributed by atoms with van der Waals surface area (Å²) in [5, 5.41) is 13.5. The van der Waals surface area contributed by atoms with Crippen molar-refractivity contribution in [1.82, 2.24) is 5.32 Å². The Bertz CT molecular complexity index is 1280. The lowest BCUT2D eigenvalue weighted by atomic mass is 10.1. The molecule has 1 aliphatic heterocycles. The maximum absolute atomic E-state index is 13.2. The van der Waals surface area contributed by atoms with Gasteiger partial charge in [-0.05, 0) is 73.1 Å². The molecule has 1 fully saturated rings. The molecule has 8 heteroatoms. The van der Waals surface area contributed by atoms with Gasteiger partial charge in [0.15, 0.2) is 5.11 Å². The maximum atomic E-state index is 13.2. The van der Waals surface area contributed by atoms with Crippen molar-refractivity contribution >= 4 is 46.9 Å². The van der Waals surface area contributed by atoms with E-state index in [1.165, 1.54) is 23.1 Å². The molecule has 2 aromatic carbocycles. The van der Waals surface area contributed by atoms with Gasteiger partial charge in [-0.1, -0.05) is 30.3 Å². The molecule has 0 atom stereocenters. The Labute approximate surface area is 189 Å². The summed E-state index contributed by atoms with van der Waals surface area (Å²) in [6.07, 6.45) is 1.36. The summed E-state index contributed by atoms with van der Waals surface area (Å²) in [6, 6.07) is 14.9. The lowest BCUT2D eigenvalue weighted by molar-refractivity contribution is -0.255. The summed E-state index contributed by atoms with van der Waals surface area (Å²) in [5.41, 5.74) is 3.05. The first kappa shape index (κ1) is 21.2. The number of aryl methyl sites for hydroxylation is 2. The number of hydrogen-bond donors (Lipinski definition) is 1. The number of aromatic carboxylic acids is 1. The highest BCUT2D eigenvalue weighted by molar-refractivity contribution is 7.80. The standard InChI is InChI=1S/C24H18N2O5S/c1-13-9-14(2)11-17(10-13)26-22(28)19(21(27)25-24(26)32)12-18-7-8-20(31-18)15-3-5-16(6-4-15)23(29)30/h3-12H,1-2H3,(H,29,30)(H,25,27,32)/p-1/b19-12+. The van der Waals surface area contributed by atoms with E-state index in [0.29, 0.717) is 17.0 Å². The van der Waals surface area contributed by atoms with Crippen molar-refractivity contribution in [2.45, 2.75) is 13.8 Å². The number of rotatable bonds is 4. The van der Waals surface area contributed by atoms with E-state index >= 15 is 0 Å². The lowest BCUT2D eigenvalue weighted by Crippen LogP contribution is -2.54. The van der Waals surface area contributed by atoms with Gasteiger partial charge >= 0.3 is 0 Å². The minimum Gasteiger partial charge on any atom is -0.545 e. The minimum atomic E-state index is -1.27. The SMILES string of the molecule is Cc1cc(C)cc(N2C(=O)/C(=C/c3ccc(-c4ccc(C(=O)[O-])cc4)o3)C(=O)NC2=S)c1. The summed E-state index contributed by atoms with van der Waals surface area (Å²) in [7, 11) is 0. The maximum Gasteiger partial charge on any atom is 0.270 e. The molecule has 0 bridgehead atoms. The number of nitrogens with zero attached hydrogens (tertiary/aromatic N) is 1. The number of carboxylic acids is 1. The molecule has 0 aliphatic carbocycles. The molecule has 0 radical (unpaired) electrons. The highest BCUT2D eigenvalue weighted by Gasteiger charge is 2.34. The van der Waals surface area contributed by atoms with Crippen LogP contribution >= 0.6 is 12.2 Å². The smallest absolute Gasteiger partial charge is 0.270 e. The van der Waals surface area contributed by atoms with E-state index in [4.69, 9.17) is 16.6 Å². The fourth-order valence-electron chi connectivity index (χ4n) is 3.47. The average Bonchev–Trinajstić information content (AvgIpc) is 3.19. The highest BCUT2D eigenvalue weighted by atomic mass is 32.1. The number of benzene rings is 2. The molecule has 3 aromatic rings. The summed E-state index contributed by atoms with van der Waals surface area (Å²) in [4.78, 5) is 37.8. The van der Waals surface area contributed by atoms with Gasteiger partial charge in [-0.15, -0.1) is 0 Å². The van der Waals surface area contributed by atoms with Crippen LogP contribution in [0, 0.1) is 13.8 Å². The monoisotopic (exact) mass is 445 g/mol. The number of carbonyl (C=O) groups excluding carboxylic acids is 3. The summed E-state index contributed by atoms with van der Waals surface area (Å²) >= 11 is 5.24. The van der Waals surface area contributed by atoms with Gasteiger partial charge in [-0.3, -0.25) is 19.8 Å². The zero-order valence-corrected chi connectivity index (χ0v) is 18.0. The minimum absolute atomic E-state index is 0.00953. The Morgan fingerprint density at radius 3 is 2.31 bits per heavy atom. The zero-order valence-electron chi connectivity index (χ0n) is 17.2. The van der Waals surface area contributed by atoms with E-state index in [-0.39, 0.29) is 22.0 Å². The number of carbonyl (C=O) groups is 3. The number of nitrogens with one attached hydrogen (secondary N) is 1. The molecule has 0 spiro atoms. The number of carboxylic acid groups (broad SMARTS) is 1. The van der Waals surface area contributed by atoms with Gasteiger partial charge in [0.05, 0.1) is 11.7 Å². The lowest BCUT2D eigenvalue weighted by Gasteiger charge is -2.29. The molecule has 1 aliphatic rings. The van der Waals surface area contributed by atoms with Crippen LogP contribution in [-0.2, 0) is 9.59 Å². The van der Waals surface area contributed by atoms with Gasteiger partial charge in [0, 0.05) is 5.56 Å². The molecule has 1 N–H and O–H groups in total. The first-order valence-corrected chi connectivity index (χ1v) is 10.0. The fraction of sp³-hybridized carbons (Fsp3) is 0.0833. The van der Waals surface area contributed by atoms with E-state index in [1.807, 2.05) is 32.0 Å². The fourth-order valence-corrected chi connectivity index (χ4v) is 3.75. The molecular formula is C24H17N2O5S-. The van der Waals surface area contributed by atoms with Crippen LogP contribution in [0.5, 0.6) is 0 Å². The second kappa shape index (κ2) is 8.24. The third-order valence-corrected chi connectivity index (χ3v) is 5.17. The first-order chi connectivity index (χ1) is 15.2. The van der Waals surface area contributed by atoms with Gasteiger partial charge in [-0.2, -0.15) is 0 Å². The number of anilines is 1. The number of hydrogen-bond acceptors (Lipinski definition) is 6. The van der Waals surface area contributed by atoms with Gasteiger partial charge in [0.1, 0.15) is 17.1 Å². The third kappa shape index (κ3) is 4.08. The molecule has 0 unspecified atom stereocenters. The molecule has 4 rings (SSSR count). The van der Waals surface area contributed by atoms with Gasteiger partial charge in [-0.25, -0.2) is 0 Å². The second-order valence-electron chi connectivity index (χ2n) is 7.37. The van der Waals surface area contributed by atoms with Gasteiger partial charge in [0.25, 0.3) is 11.8 Å². The molecule has 160 valence electrons. The number of thiocarbonyl (C=S) groups is 1. The van der Waals surface area contributed by atoms with Crippen molar-refractivity contribution in [3.8, 4) is 11.3 Å². The first-order valence-electron chi connectivity index (χ1n) is 9.64. The van der Waals surface area contributed by atoms with Crippen LogP contribution in [0.3, 0.4) is 0 Å². The van der Waals surface area contributed by atoms with E-state index in [9.17, 15) is 19.5 Å². The van der Waals surface area contributed by atoms with Crippen LogP contribution in [0.4, 0.5) is 5.69 Å². The van der Waals surface area contributed by atoms with E-state index in [1.54, 1.807) is 24.3 Å². The topological polar surface area (TPSA) is 103 Å². The summed E-state index contributed by atoms with van der Waals surface area (Å²) < 4.78 is 5.75. The zero-order chi connectivity index (χ0) is 23.0. The van der Waals surface area contributed by atoms with E-state index in [0.717, 1.165) is 11.1 Å². The number of furan rings is 1. The highest BCUT2D eigenvalue weighted by Crippen LogP contribution is 2.27. The Morgan fingerprint density at radius 1 is 1.03 bits per heavy atom. The van der Waals surface area contributed by atoms with Crippen molar-refractivity contribution in [1.29, 1.82) is 0 Å². The van der Waals surface area contributed by atoms with Crippen LogP contribution in [0.2, 0.25) is 0 Å². The van der Waals surface area contributed by atoms with Crippen LogP contribution in [-0.4, -0.2) is 22.9 Å². The quantitative estimate of drug-likeness (QED) is 0.376. The molecule has 2 amide bonds. The molecule has 7 nitrogen and oxygen atoms in total. The van der Waals surface area contributed by atoms with Crippen molar-refractivity contribution in [3.63, 3.8) is 0 Å². The van der Waals surface area contributed by atoms with Crippen LogP contribution in [0.25, 0.3) is 17.4 Å². The molecule has 0 saturated carbocycles. The average molecular weight is 445 g/mol. The number of amides is 2. The molecule has 1 saturated heterocycles. The Morgan fingerprint density at radius 2 is 1.69 bits per heavy atom. The summed E-state index contributed by atoms with van der Waals surface area (Å²) in [5.74, 6) is -1.70. The van der Waals surface area contributed by atoms with Gasteiger partial charge in [0.2, 0.25) is 0 Å². The molecule has 32 heavy (non-hydrogen) atoms. The third-order valence-electron chi connectivity index (χ3n) is 4.88. The van der Waals surface area contributed by atoms with Crippen LogP contribution in [0.1, 0.15) is 27.2 Å². The molecule has 2 heterocycles. The predicted molar refractivity (Wildman–Crippen MR) is 121 cm³/mol. The van der Waals surface area contributed by atoms with Crippen molar-refractivity contribution in [2.75, 3.05) is 4.90 Å². The van der Waals surface area contributed by atoms with Crippen LogP contribution < -0.4 is 15.3 Å². The Balaban J connectivity index is 1.66. The Hall–Kier alpha value is -4.04. The molecule has 1 aromatic heterocycles. The normalized spacial score (nSPS) is 15.2. The van der Waals surface area contributed by atoms with E-state index < -0.39 is 17.8 Å². The van der Waals surface area contributed by atoms with Crippen molar-refractivity contribution in [3.05, 3.63) is 82.6 Å². The predicted octanol–water partition coefficient (Wildman–Crippen LogP) is 2.76. The van der Waals surface area contributed by atoms with Gasteiger partial charge < -0.3 is 14.3 Å². The van der Waals surface area contributed by atoms with E-state index in [2.05, 4.69) is 5.32 Å². The van der Waals surface area contributed by atoms with Crippen LogP contribution in [0.15, 0.2) is 64.6 Å².